The lowest BCUT2D eigenvalue weighted by atomic mass is 9.98. The lowest BCUT2D eigenvalue weighted by Gasteiger charge is -2.23. The Bertz CT molecular complexity index is 509. The molecule has 7 heteroatoms. The maximum atomic E-state index is 12.5. The number of carbonyl (C=O) groups excluding carboxylic acids is 1. The van der Waals surface area contributed by atoms with E-state index in [0.29, 0.717) is 32.4 Å². The van der Waals surface area contributed by atoms with Gasteiger partial charge in [-0.25, -0.2) is 0 Å². The van der Waals surface area contributed by atoms with E-state index in [1.165, 1.54) is 23.2 Å². The summed E-state index contributed by atoms with van der Waals surface area (Å²) >= 11 is 0. The molecule has 21 heavy (non-hydrogen) atoms. The van der Waals surface area contributed by atoms with Crippen LogP contribution in [0.15, 0.2) is 18.3 Å². The van der Waals surface area contributed by atoms with Crippen LogP contribution in [0.3, 0.4) is 0 Å². The molecule has 118 valence electrons. The molecule has 4 nitrogen and oxygen atoms in total. The Kier molecular flexibility index (Phi) is 4.32. The fourth-order valence-electron chi connectivity index (χ4n) is 2.57. The van der Waals surface area contributed by atoms with E-state index in [2.05, 4.69) is 0 Å². The van der Waals surface area contributed by atoms with Gasteiger partial charge in [0, 0.05) is 19.3 Å². The quantitative estimate of drug-likeness (QED) is 0.912. The molecule has 0 radical (unpaired) electrons. The summed E-state index contributed by atoms with van der Waals surface area (Å²) in [6.45, 7) is 1.34. The van der Waals surface area contributed by atoms with Crippen LogP contribution in [0, 0.1) is 0 Å². The second kappa shape index (κ2) is 5.71. The fourth-order valence-corrected chi connectivity index (χ4v) is 2.57. The van der Waals surface area contributed by atoms with Crippen molar-refractivity contribution in [1.82, 2.24) is 9.47 Å². The number of halogens is 3. The molecule has 1 saturated heterocycles. The van der Waals surface area contributed by atoms with Crippen LogP contribution in [-0.2, 0) is 6.54 Å². The molecule has 1 atom stereocenters. The normalized spacial score (nSPS) is 24.0. The monoisotopic (exact) mass is 304 g/mol. The SMILES string of the molecule is CC1(O)CCCN(C(=O)c2cccn2CC(F)(F)F)CC1. The van der Waals surface area contributed by atoms with E-state index in [1.807, 2.05) is 0 Å². The molecule has 1 aliphatic rings. The van der Waals surface area contributed by atoms with Crippen molar-refractivity contribution < 1.29 is 23.1 Å². The third-order valence-corrected chi connectivity index (χ3v) is 3.75. The zero-order valence-corrected chi connectivity index (χ0v) is 11.9. The van der Waals surface area contributed by atoms with E-state index in [1.54, 1.807) is 6.92 Å². The van der Waals surface area contributed by atoms with Gasteiger partial charge in [-0.15, -0.1) is 0 Å². The number of rotatable bonds is 2. The van der Waals surface area contributed by atoms with E-state index < -0.39 is 24.2 Å². The predicted octanol–water partition coefficient (Wildman–Crippen LogP) is 2.43. The maximum absolute atomic E-state index is 12.5. The average Bonchev–Trinajstić information content (AvgIpc) is 2.69. The summed E-state index contributed by atoms with van der Waals surface area (Å²) in [4.78, 5) is 13.9. The Balaban J connectivity index is 2.12. The molecule has 0 aliphatic carbocycles. The number of aliphatic hydroxyl groups is 1. The Morgan fingerprint density at radius 2 is 2.10 bits per heavy atom. The molecule has 0 bridgehead atoms. The molecule has 0 aromatic carbocycles. The highest BCUT2D eigenvalue weighted by Gasteiger charge is 2.32. The lowest BCUT2D eigenvalue weighted by Crippen LogP contribution is -2.35. The van der Waals surface area contributed by atoms with Gasteiger partial charge in [-0.1, -0.05) is 0 Å². The highest BCUT2D eigenvalue weighted by atomic mass is 19.4. The van der Waals surface area contributed by atoms with E-state index in [0.717, 1.165) is 4.57 Å². The minimum absolute atomic E-state index is 0.0360. The molecule has 1 unspecified atom stereocenters. The van der Waals surface area contributed by atoms with Gasteiger partial charge in [0.05, 0.1) is 5.60 Å². The van der Waals surface area contributed by atoms with Gasteiger partial charge < -0.3 is 14.6 Å². The van der Waals surface area contributed by atoms with Crippen LogP contribution in [0.5, 0.6) is 0 Å². The predicted molar refractivity (Wildman–Crippen MR) is 70.9 cm³/mol. The number of hydrogen-bond donors (Lipinski definition) is 1. The van der Waals surface area contributed by atoms with E-state index in [9.17, 15) is 23.1 Å². The van der Waals surface area contributed by atoms with Crippen LogP contribution in [0.2, 0.25) is 0 Å². The first-order valence-corrected chi connectivity index (χ1v) is 6.91. The summed E-state index contributed by atoms with van der Waals surface area (Å²) in [6.07, 6.45) is -1.46. The summed E-state index contributed by atoms with van der Waals surface area (Å²) in [5.74, 6) is -0.415. The van der Waals surface area contributed by atoms with Gasteiger partial charge in [-0.2, -0.15) is 13.2 Å². The molecule has 0 saturated carbocycles. The van der Waals surface area contributed by atoms with Crippen LogP contribution >= 0.6 is 0 Å². The summed E-state index contributed by atoms with van der Waals surface area (Å²) in [5, 5.41) is 10.0. The van der Waals surface area contributed by atoms with E-state index >= 15 is 0 Å². The van der Waals surface area contributed by atoms with Gasteiger partial charge in [0.2, 0.25) is 0 Å². The van der Waals surface area contributed by atoms with Gasteiger partial charge in [0.25, 0.3) is 5.91 Å². The topological polar surface area (TPSA) is 45.5 Å². The van der Waals surface area contributed by atoms with Crippen molar-refractivity contribution in [3.63, 3.8) is 0 Å². The van der Waals surface area contributed by atoms with Crippen molar-refractivity contribution in [2.24, 2.45) is 0 Å². The molecule has 2 heterocycles. The van der Waals surface area contributed by atoms with Gasteiger partial charge in [0.15, 0.2) is 0 Å². The van der Waals surface area contributed by atoms with Crippen LogP contribution in [0.25, 0.3) is 0 Å². The molecular formula is C14H19F3N2O2. The van der Waals surface area contributed by atoms with Crippen LogP contribution in [0.1, 0.15) is 36.7 Å². The third-order valence-electron chi connectivity index (χ3n) is 3.75. The zero-order chi connectivity index (χ0) is 15.7. The lowest BCUT2D eigenvalue weighted by molar-refractivity contribution is -0.140. The molecule has 1 amide bonds. The van der Waals surface area contributed by atoms with Crippen molar-refractivity contribution in [3.8, 4) is 0 Å². The Labute approximate surface area is 121 Å². The number of likely N-dealkylation sites (tertiary alicyclic amines) is 1. The zero-order valence-electron chi connectivity index (χ0n) is 11.9. The van der Waals surface area contributed by atoms with E-state index in [-0.39, 0.29) is 5.69 Å². The Hall–Kier alpha value is -1.50. The second-order valence-electron chi connectivity index (χ2n) is 5.78. The second-order valence-corrected chi connectivity index (χ2v) is 5.78. The minimum atomic E-state index is -4.36. The summed E-state index contributed by atoms with van der Waals surface area (Å²) in [7, 11) is 0. The van der Waals surface area contributed by atoms with Gasteiger partial charge in [-0.05, 0) is 38.3 Å². The maximum Gasteiger partial charge on any atom is 0.406 e. The smallest absolute Gasteiger partial charge is 0.390 e. The summed E-state index contributed by atoms with van der Waals surface area (Å²) in [5.41, 5.74) is -0.780. The average molecular weight is 304 g/mol. The summed E-state index contributed by atoms with van der Waals surface area (Å²) in [6, 6.07) is 2.84. The Morgan fingerprint density at radius 3 is 2.76 bits per heavy atom. The third kappa shape index (κ3) is 4.23. The van der Waals surface area contributed by atoms with Crippen LogP contribution in [0.4, 0.5) is 13.2 Å². The number of amides is 1. The van der Waals surface area contributed by atoms with Crippen LogP contribution in [-0.4, -0.2) is 45.3 Å². The first kappa shape index (κ1) is 15.9. The molecule has 0 spiro atoms. The molecule has 2 rings (SSSR count). The van der Waals surface area contributed by atoms with Gasteiger partial charge in [0.1, 0.15) is 12.2 Å². The largest absolute Gasteiger partial charge is 0.406 e. The van der Waals surface area contributed by atoms with Gasteiger partial charge >= 0.3 is 6.18 Å². The highest BCUT2D eigenvalue weighted by Crippen LogP contribution is 2.24. The van der Waals surface area contributed by atoms with Crippen molar-refractivity contribution in [1.29, 1.82) is 0 Å². The Morgan fingerprint density at radius 1 is 1.38 bits per heavy atom. The number of nitrogens with zero attached hydrogens (tertiary/aromatic N) is 2. The number of aromatic nitrogens is 1. The van der Waals surface area contributed by atoms with Crippen molar-refractivity contribution >= 4 is 5.91 Å². The highest BCUT2D eigenvalue weighted by molar-refractivity contribution is 5.92. The first-order valence-electron chi connectivity index (χ1n) is 6.91. The van der Waals surface area contributed by atoms with Gasteiger partial charge in [-0.3, -0.25) is 4.79 Å². The van der Waals surface area contributed by atoms with Crippen molar-refractivity contribution in [3.05, 3.63) is 24.0 Å². The molecule has 1 N–H and O–H groups in total. The number of alkyl halides is 3. The first-order chi connectivity index (χ1) is 9.68. The summed E-state index contributed by atoms with van der Waals surface area (Å²) < 4.78 is 38.4. The van der Waals surface area contributed by atoms with Crippen LogP contribution < -0.4 is 0 Å². The fraction of sp³-hybridized carbons (Fsp3) is 0.643. The number of carbonyl (C=O) groups is 1. The minimum Gasteiger partial charge on any atom is -0.390 e. The molecule has 1 aromatic rings. The molecule has 1 aliphatic heterocycles. The number of hydrogen-bond acceptors (Lipinski definition) is 2. The molecule has 1 aromatic heterocycles. The van der Waals surface area contributed by atoms with E-state index in [4.69, 9.17) is 0 Å². The molecular weight excluding hydrogens is 285 g/mol. The van der Waals surface area contributed by atoms with Crippen molar-refractivity contribution in [2.45, 2.75) is 44.5 Å². The van der Waals surface area contributed by atoms with Crippen molar-refractivity contribution in [2.75, 3.05) is 13.1 Å². The standard InChI is InChI=1S/C14H19F3N2O2/c1-13(21)5-3-8-18(9-6-13)12(20)11-4-2-7-19(11)10-14(15,16)17/h2,4,7,21H,3,5-6,8-10H2,1H3. The molecule has 1 fully saturated rings.